The fourth-order valence-electron chi connectivity index (χ4n) is 6.26. The number of carboxylic acids is 1. The third-order valence-corrected chi connectivity index (χ3v) is 10.8. The van der Waals surface area contributed by atoms with Gasteiger partial charge in [-0.05, 0) is 47.0 Å². The summed E-state index contributed by atoms with van der Waals surface area (Å²) >= 11 is 0. The molecule has 3 amide bonds. The van der Waals surface area contributed by atoms with Crippen molar-refractivity contribution >= 4 is 58.6 Å². The second-order valence-electron chi connectivity index (χ2n) is 12.6. The number of anilines is 1. The predicted octanol–water partition coefficient (Wildman–Crippen LogP) is 2.82. The van der Waals surface area contributed by atoms with Gasteiger partial charge in [0.2, 0.25) is 19.2 Å². The maximum absolute atomic E-state index is 14.6. The molecule has 4 N–H and O–H groups in total. The topological polar surface area (TPSA) is 214 Å². The number of benzene rings is 4. The molecule has 4 aromatic carbocycles. The number of nitrogens with zero attached hydrogens (tertiary/aromatic N) is 4. The summed E-state index contributed by atoms with van der Waals surface area (Å²) in [6.45, 7) is 0.612. The zero-order valence-electron chi connectivity index (χ0n) is 28.5. The Balaban J connectivity index is 1.25. The first kappa shape index (κ1) is 36.7. The number of carboxylic acid groups (broad SMARTS) is 1. The number of aliphatic carboxylic acids is 1. The molecule has 15 nitrogen and oxygen atoms in total. The molecule has 272 valence electrons. The van der Waals surface area contributed by atoms with Gasteiger partial charge in [0.05, 0.1) is 6.42 Å². The van der Waals surface area contributed by atoms with Crippen molar-refractivity contribution in [2.75, 3.05) is 18.2 Å². The summed E-state index contributed by atoms with van der Waals surface area (Å²) in [7, 11) is -3.46. The van der Waals surface area contributed by atoms with Crippen LogP contribution in [0.1, 0.15) is 34.6 Å². The number of hydrogen-bond donors (Lipinski definition) is 4. The van der Waals surface area contributed by atoms with Gasteiger partial charge in [0.1, 0.15) is 24.7 Å². The van der Waals surface area contributed by atoms with Crippen LogP contribution in [0.15, 0.2) is 97.1 Å². The quantitative estimate of drug-likeness (QED) is 0.115. The lowest BCUT2D eigenvalue weighted by Crippen LogP contribution is -2.57. The van der Waals surface area contributed by atoms with Gasteiger partial charge in [0.15, 0.2) is 11.6 Å². The number of hydrogen-bond acceptors (Lipinski definition) is 10. The molecule has 53 heavy (non-hydrogen) atoms. The number of H-pyrrole nitrogens is 1. The summed E-state index contributed by atoms with van der Waals surface area (Å²) < 4.78 is 18.7. The van der Waals surface area contributed by atoms with Gasteiger partial charge in [-0.15, -0.1) is 10.2 Å². The van der Waals surface area contributed by atoms with Gasteiger partial charge in [-0.3, -0.25) is 33.4 Å². The van der Waals surface area contributed by atoms with Crippen molar-refractivity contribution in [1.29, 1.82) is 0 Å². The van der Waals surface area contributed by atoms with Gasteiger partial charge in [0.25, 0.3) is 5.91 Å². The lowest BCUT2D eigenvalue weighted by atomic mass is 10.0. The van der Waals surface area contributed by atoms with Crippen LogP contribution in [0, 0.1) is 0 Å². The summed E-state index contributed by atoms with van der Waals surface area (Å²) in [4.78, 5) is 68.9. The molecule has 0 aliphatic carbocycles. The molecule has 6 rings (SSSR count). The molecular weight excluding hydrogens is 701 g/mol. The number of aryl methyl sites for hydroxylation is 1. The van der Waals surface area contributed by atoms with Crippen LogP contribution in [0.25, 0.3) is 10.8 Å². The highest BCUT2D eigenvalue weighted by molar-refractivity contribution is 7.66. The molecular formula is C37H36N7O8P. The van der Waals surface area contributed by atoms with E-state index in [1.54, 1.807) is 78.9 Å². The number of amides is 3. The number of para-hydroxylation sites is 1. The Morgan fingerprint density at radius 3 is 2.40 bits per heavy atom. The number of ketones is 1. The molecule has 2 heterocycles. The Kier molecular flexibility index (Phi) is 11.2. The van der Waals surface area contributed by atoms with E-state index < -0.39 is 68.0 Å². The molecule has 1 unspecified atom stereocenters. The largest absolute Gasteiger partial charge is 0.481 e. The van der Waals surface area contributed by atoms with Crippen LogP contribution in [0.4, 0.5) is 5.69 Å². The predicted molar refractivity (Wildman–Crippen MR) is 194 cm³/mol. The second-order valence-corrected chi connectivity index (χ2v) is 15.0. The zero-order chi connectivity index (χ0) is 37.5. The maximum Gasteiger partial charge on any atom is 0.305 e. The molecule has 1 aliphatic rings. The average Bonchev–Trinajstić information content (AvgIpc) is 3.83. The number of rotatable bonds is 15. The lowest BCUT2D eigenvalue weighted by molar-refractivity contribution is -0.140. The second kappa shape index (κ2) is 16.1. The summed E-state index contributed by atoms with van der Waals surface area (Å²) in [5, 5.41) is 30.8. The van der Waals surface area contributed by atoms with Crippen molar-refractivity contribution < 1.29 is 38.2 Å². The Morgan fingerprint density at radius 2 is 1.64 bits per heavy atom. The van der Waals surface area contributed by atoms with Crippen molar-refractivity contribution in [2.24, 2.45) is 0 Å². The summed E-state index contributed by atoms with van der Waals surface area (Å²) in [5.41, 5.74) is 1.41. The van der Waals surface area contributed by atoms with Crippen LogP contribution in [0.3, 0.4) is 0 Å². The molecule has 1 aromatic heterocycles. The van der Waals surface area contributed by atoms with Crippen LogP contribution in [0.2, 0.25) is 0 Å². The van der Waals surface area contributed by atoms with Gasteiger partial charge < -0.3 is 20.3 Å². The molecule has 4 atom stereocenters. The van der Waals surface area contributed by atoms with Gasteiger partial charge in [0, 0.05) is 36.1 Å². The normalized spacial score (nSPS) is 15.9. The van der Waals surface area contributed by atoms with E-state index >= 15 is 0 Å². The third kappa shape index (κ3) is 8.54. The van der Waals surface area contributed by atoms with E-state index in [0.29, 0.717) is 33.3 Å². The van der Waals surface area contributed by atoms with Crippen LogP contribution >= 0.6 is 7.37 Å². The van der Waals surface area contributed by atoms with Crippen LogP contribution in [-0.2, 0) is 41.1 Å². The summed E-state index contributed by atoms with van der Waals surface area (Å²) in [6, 6.07) is 23.8. The highest BCUT2D eigenvalue weighted by atomic mass is 31.2. The standard InChI is InChI=1S/C37H36N7O8P/c1-53(51,25-13-3-2-4-14-25)52-22-32(45)29(21-34(46)47)39-36(49)31-20-24-11-6-8-17-30(24)44(31)37(50)28(18-19-33-40-42-43-41-33)38-35(48)27-16-9-12-23-10-5-7-15-26(23)27/h2-17,28-29,31H,18-22H2,1H3,(H,38,48)(H,39,49)(H,46,47)(H,40,41,42,43)/t28-,29-,31-,53?/m0/s1. The molecule has 0 radical (unpaired) electrons. The van der Waals surface area contributed by atoms with Crippen molar-refractivity contribution in [2.45, 2.75) is 43.8 Å². The highest BCUT2D eigenvalue weighted by Gasteiger charge is 2.42. The first-order chi connectivity index (χ1) is 25.5. The van der Waals surface area contributed by atoms with Crippen LogP contribution in [0.5, 0.6) is 0 Å². The molecule has 0 bridgehead atoms. The van der Waals surface area contributed by atoms with E-state index in [-0.39, 0.29) is 19.3 Å². The van der Waals surface area contributed by atoms with Gasteiger partial charge in [-0.25, -0.2) is 0 Å². The smallest absolute Gasteiger partial charge is 0.305 e. The SMILES string of the molecule is CP(=O)(OCC(=O)[C@H](CC(=O)O)NC(=O)[C@@H]1Cc2ccccc2N1C(=O)[C@H](CCc1nn[nH]n1)NC(=O)c1cccc2ccccc12)c1ccccc1. The fraction of sp³-hybridized carbons (Fsp3) is 0.243. The van der Waals surface area contributed by atoms with Gasteiger partial charge in [-0.2, -0.15) is 5.21 Å². The lowest BCUT2D eigenvalue weighted by Gasteiger charge is -2.30. The Bertz CT molecular complexity index is 2190. The number of tetrazole rings is 1. The highest BCUT2D eigenvalue weighted by Crippen LogP contribution is 2.41. The number of aromatic amines is 1. The first-order valence-corrected chi connectivity index (χ1v) is 18.8. The number of aromatic nitrogens is 4. The molecule has 16 heteroatoms. The Hall–Kier alpha value is -6.05. The van der Waals surface area contributed by atoms with Crippen LogP contribution in [-0.4, -0.2) is 86.6 Å². The van der Waals surface area contributed by atoms with Gasteiger partial charge >= 0.3 is 5.97 Å². The molecule has 0 fully saturated rings. The van der Waals surface area contributed by atoms with E-state index in [4.69, 9.17) is 4.52 Å². The van der Waals surface area contributed by atoms with Crippen LogP contribution < -0.4 is 20.8 Å². The molecule has 0 saturated carbocycles. The number of nitrogens with one attached hydrogen (secondary N) is 3. The number of Topliss-reactive ketones (excluding diaryl/α,β-unsaturated/α-hetero) is 1. The van der Waals surface area contributed by atoms with Crippen molar-refractivity contribution in [3.05, 3.63) is 114 Å². The molecule has 5 aromatic rings. The van der Waals surface area contributed by atoms with E-state index in [9.17, 15) is 33.6 Å². The van der Waals surface area contributed by atoms with Crippen molar-refractivity contribution in [3.63, 3.8) is 0 Å². The molecule has 0 saturated heterocycles. The average molecular weight is 738 g/mol. The molecule has 1 aliphatic heterocycles. The van der Waals surface area contributed by atoms with Gasteiger partial charge in [-0.1, -0.05) is 78.0 Å². The third-order valence-electron chi connectivity index (χ3n) is 8.96. The minimum Gasteiger partial charge on any atom is -0.481 e. The van der Waals surface area contributed by atoms with E-state index in [2.05, 4.69) is 31.3 Å². The summed E-state index contributed by atoms with van der Waals surface area (Å²) in [5.74, 6) is -3.81. The van der Waals surface area contributed by atoms with E-state index in [1.807, 2.05) is 18.2 Å². The monoisotopic (exact) mass is 737 g/mol. The zero-order valence-corrected chi connectivity index (χ0v) is 29.4. The number of carbonyl (C=O) groups is 5. The minimum absolute atomic E-state index is 0.0395. The number of fused-ring (bicyclic) bond motifs is 2. The van der Waals surface area contributed by atoms with Crippen molar-refractivity contribution in [1.82, 2.24) is 31.3 Å². The first-order valence-electron chi connectivity index (χ1n) is 16.8. The Morgan fingerprint density at radius 1 is 0.925 bits per heavy atom. The van der Waals surface area contributed by atoms with E-state index in [1.165, 1.54) is 11.6 Å². The van der Waals surface area contributed by atoms with E-state index in [0.717, 1.165) is 5.39 Å². The molecule has 0 spiro atoms. The summed E-state index contributed by atoms with van der Waals surface area (Å²) in [6.07, 6.45) is -0.549. The van der Waals surface area contributed by atoms with Crippen molar-refractivity contribution in [3.8, 4) is 0 Å². The Labute approximate surface area is 303 Å². The maximum atomic E-state index is 14.6. The number of carbonyl (C=O) groups excluding carboxylic acids is 4. The minimum atomic E-state index is -3.46. The fourth-order valence-corrected chi connectivity index (χ4v) is 7.50.